The van der Waals surface area contributed by atoms with Crippen molar-refractivity contribution in [2.24, 2.45) is 0 Å². The number of rotatable bonds is 4. The molecule has 0 aromatic carbocycles. The van der Waals surface area contributed by atoms with Gasteiger partial charge in [-0.15, -0.1) is 0 Å². The summed E-state index contributed by atoms with van der Waals surface area (Å²) < 4.78 is 0. The molecule has 0 aliphatic rings. The van der Waals surface area contributed by atoms with Crippen molar-refractivity contribution in [1.29, 1.82) is 0 Å². The molecule has 76 valence electrons. The zero-order valence-electron chi connectivity index (χ0n) is 8.11. The van der Waals surface area contributed by atoms with Crippen LogP contribution in [0.15, 0.2) is 11.6 Å². The first-order chi connectivity index (χ1) is 5.78. The summed E-state index contributed by atoms with van der Waals surface area (Å²) in [6, 6.07) is 0. The van der Waals surface area contributed by atoms with E-state index in [0.717, 1.165) is 12.5 Å². The van der Waals surface area contributed by atoms with Crippen molar-refractivity contribution in [2.75, 3.05) is 0 Å². The van der Waals surface area contributed by atoms with Crippen LogP contribution in [0, 0.1) is 0 Å². The maximum atomic E-state index is 10.5. The van der Waals surface area contributed by atoms with Gasteiger partial charge in [-0.3, -0.25) is 0 Å². The first kappa shape index (κ1) is 12.1. The van der Waals surface area contributed by atoms with Gasteiger partial charge < -0.3 is 15.3 Å². The van der Waals surface area contributed by atoms with Crippen LogP contribution in [0.4, 0.5) is 0 Å². The lowest BCUT2D eigenvalue weighted by molar-refractivity contribution is -0.168. The summed E-state index contributed by atoms with van der Waals surface area (Å²) in [6.45, 7) is 4.75. The van der Waals surface area contributed by atoms with Gasteiger partial charge in [0.2, 0.25) is 0 Å². The zero-order valence-corrected chi connectivity index (χ0v) is 8.11. The smallest absolute Gasteiger partial charge is 0.338 e. The quantitative estimate of drug-likeness (QED) is 0.563. The molecule has 0 spiro atoms. The molecule has 0 heterocycles. The minimum absolute atomic E-state index is 0.141. The lowest BCUT2D eigenvalue weighted by Crippen LogP contribution is -2.46. The van der Waals surface area contributed by atoms with Gasteiger partial charge in [0, 0.05) is 0 Å². The Morgan fingerprint density at radius 2 is 2.00 bits per heavy atom. The first-order valence-corrected chi connectivity index (χ1v) is 4.05. The van der Waals surface area contributed by atoms with Crippen molar-refractivity contribution in [3.63, 3.8) is 0 Å². The fraction of sp³-hybridized carbons (Fsp3) is 0.667. The standard InChI is InChI=1S/C9H16O4/c1-6(2)4-5-7(10)9(3,13)8(11)12/h4,7,10,13H,5H2,1-3H3,(H,11,12). The number of carbonyl (C=O) groups is 1. The van der Waals surface area contributed by atoms with Gasteiger partial charge in [-0.2, -0.15) is 0 Å². The normalized spacial score (nSPS) is 17.3. The maximum absolute atomic E-state index is 10.5. The Balaban J connectivity index is 4.34. The molecule has 2 atom stereocenters. The van der Waals surface area contributed by atoms with E-state index in [9.17, 15) is 15.0 Å². The Morgan fingerprint density at radius 1 is 1.54 bits per heavy atom. The highest BCUT2D eigenvalue weighted by Gasteiger charge is 2.37. The molecule has 0 saturated heterocycles. The molecule has 0 fully saturated rings. The predicted molar refractivity (Wildman–Crippen MR) is 48.3 cm³/mol. The van der Waals surface area contributed by atoms with Crippen LogP contribution in [0.2, 0.25) is 0 Å². The van der Waals surface area contributed by atoms with Gasteiger partial charge in [-0.05, 0) is 27.2 Å². The van der Waals surface area contributed by atoms with Crippen molar-refractivity contribution in [3.05, 3.63) is 11.6 Å². The Morgan fingerprint density at radius 3 is 2.31 bits per heavy atom. The van der Waals surface area contributed by atoms with E-state index in [-0.39, 0.29) is 6.42 Å². The molecule has 4 heteroatoms. The molecule has 0 saturated carbocycles. The van der Waals surface area contributed by atoms with Crippen LogP contribution in [0.5, 0.6) is 0 Å². The molecule has 0 amide bonds. The molecule has 2 unspecified atom stereocenters. The Bertz CT molecular complexity index is 214. The number of carboxylic acid groups (broad SMARTS) is 1. The van der Waals surface area contributed by atoms with Crippen LogP contribution >= 0.6 is 0 Å². The third-order valence-corrected chi connectivity index (χ3v) is 1.83. The summed E-state index contributed by atoms with van der Waals surface area (Å²) in [5.41, 5.74) is -1.10. The Labute approximate surface area is 77.5 Å². The number of aliphatic hydroxyl groups excluding tert-OH is 1. The van der Waals surface area contributed by atoms with Crippen LogP contribution < -0.4 is 0 Å². The molecule has 0 rings (SSSR count). The van der Waals surface area contributed by atoms with Gasteiger partial charge >= 0.3 is 5.97 Å². The summed E-state index contributed by atoms with van der Waals surface area (Å²) in [5.74, 6) is -1.41. The van der Waals surface area contributed by atoms with E-state index in [2.05, 4.69) is 0 Å². The van der Waals surface area contributed by atoms with E-state index in [4.69, 9.17) is 5.11 Å². The number of carboxylic acids is 1. The van der Waals surface area contributed by atoms with E-state index in [1.54, 1.807) is 6.08 Å². The van der Waals surface area contributed by atoms with Gasteiger partial charge in [-0.1, -0.05) is 11.6 Å². The van der Waals surface area contributed by atoms with Crippen LogP contribution in [-0.4, -0.2) is 33.0 Å². The number of aliphatic hydroxyl groups is 2. The molecular formula is C9H16O4. The van der Waals surface area contributed by atoms with Gasteiger partial charge in [0.05, 0.1) is 6.10 Å². The second-order valence-electron chi connectivity index (χ2n) is 3.49. The molecule has 3 N–H and O–H groups in total. The fourth-order valence-corrected chi connectivity index (χ4v) is 0.719. The van der Waals surface area contributed by atoms with E-state index < -0.39 is 17.7 Å². The summed E-state index contributed by atoms with van der Waals surface area (Å²) in [5, 5.41) is 27.2. The molecule has 0 radical (unpaired) electrons. The lowest BCUT2D eigenvalue weighted by atomic mass is 9.96. The van der Waals surface area contributed by atoms with Crippen LogP contribution in [0.1, 0.15) is 27.2 Å². The SMILES string of the molecule is CC(C)=CCC(O)C(C)(O)C(=O)O. The zero-order chi connectivity index (χ0) is 10.6. The molecular weight excluding hydrogens is 172 g/mol. The molecule has 4 nitrogen and oxygen atoms in total. The molecule has 0 bridgehead atoms. The first-order valence-electron chi connectivity index (χ1n) is 4.05. The average molecular weight is 188 g/mol. The molecule has 0 aliphatic carbocycles. The average Bonchev–Trinajstić information content (AvgIpc) is 1.99. The third-order valence-electron chi connectivity index (χ3n) is 1.83. The highest BCUT2D eigenvalue weighted by atomic mass is 16.4. The highest BCUT2D eigenvalue weighted by Crippen LogP contribution is 2.14. The Hall–Kier alpha value is -0.870. The number of hydrogen-bond acceptors (Lipinski definition) is 3. The summed E-state index contributed by atoms with van der Waals surface area (Å²) in [6.07, 6.45) is 0.545. The molecule has 13 heavy (non-hydrogen) atoms. The number of hydrogen-bond donors (Lipinski definition) is 3. The topological polar surface area (TPSA) is 77.8 Å². The van der Waals surface area contributed by atoms with Crippen molar-refractivity contribution < 1.29 is 20.1 Å². The Kier molecular flexibility index (Phi) is 4.10. The van der Waals surface area contributed by atoms with Gasteiger partial charge in [-0.25, -0.2) is 4.79 Å². The van der Waals surface area contributed by atoms with Gasteiger partial charge in [0.1, 0.15) is 0 Å². The van der Waals surface area contributed by atoms with E-state index in [1.807, 2.05) is 13.8 Å². The minimum Gasteiger partial charge on any atom is -0.479 e. The maximum Gasteiger partial charge on any atom is 0.338 e. The highest BCUT2D eigenvalue weighted by molar-refractivity contribution is 5.77. The molecule has 0 aromatic rings. The molecule has 0 aromatic heterocycles. The van der Waals surface area contributed by atoms with Crippen LogP contribution in [-0.2, 0) is 4.79 Å². The summed E-state index contributed by atoms with van der Waals surface area (Å²) >= 11 is 0. The van der Waals surface area contributed by atoms with Gasteiger partial charge in [0.15, 0.2) is 5.60 Å². The van der Waals surface area contributed by atoms with Crippen LogP contribution in [0.25, 0.3) is 0 Å². The number of aliphatic carboxylic acids is 1. The second kappa shape index (κ2) is 4.39. The third kappa shape index (κ3) is 3.57. The monoisotopic (exact) mass is 188 g/mol. The van der Waals surface area contributed by atoms with E-state index >= 15 is 0 Å². The fourth-order valence-electron chi connectivity index (χ4n) is 0.719. The van der Waals surface area contributed by atoms with Crippen molar-refractivity contribution in [3.8, 4) is 0 Å². The van der Waals surface area contributed by atoms with Crippen molar-refractivity contribution in [1.82, 2.24) is 0 Å². The second-order valence-corrected chi connectivity index (χ2v) is 3.49. The minimum atomic E-state index is -2.08. The summed E-state index contributed by atoms with van der Waals surface area (Å²) in [7, 11) is 0. The van der Waals surface area contributed by atoms with Crippen LogP contribution in [0.3, 0.4) is 0 Å². The van der Waals surface area contributed by atoms with E-state index in [0.29, 0.717) is 0 Å². The largest absolute Gasteiger partial charge is 0.479 e. The summed E-state index contributed by atoms with van der Waals surface area (Å²) in [4.78, 5) is 10.5. The number of allylic oxidation sites excluding steroid dienone is 1. The molecule has 0 aliphatic heterocycles. The van der Waals surface area contributed by atoms with Gasteiger partial charge in [0.25, 0.3) is 0 Å². The van der Waals surface area contributed by atoms with E-state index in [1.165, 1.54) is 0 Å². The van der Waals surface area contributed by atoms with Crippen molar-refractivity contribution >= 4 is 5.97 Å². The predicted octanol–water partition coefficient (Wildman–Crippen LogP) is 0.539. The lowest BCUT2D eigenvalue weighted by Gasteiger charge is -2.23. The van der Waals surface area contributed by atoms with Crippen molar-refractivity contribution in [2.45, 2.75) is 38.9 Å².